The number of hydrogen-bond donors (Lipinski definition) is 2. The highest BCUT2D eigenvalue weighted by Crippen LogP contribution is 2.30. The lowest BCUT2D eigenvalue weighted by Gasteiger charge is -2.18. The highest BCUT2D eigenvalue weighted by atomic mass is 16.5. The maximum absolute atomic E-state index is 11.2. The molecule has 5 heteroatoms. The number of nitrogens with one attached hydrogen (secondary N) is 1. The van der Waals surface area contributed by atoms with Gasteiger partial charge in [0.05, 0.1) is 6.61 Å². The van der Waals surface area contributed by atoms with Gasteiger partial charge in [0.2, 0.25) is 0 Å². The lowest BCUT2D eigenvalue weighted by atomic mass is 10.2. The maximum Gasteiger partial charge on any atom is 0.344 e. The van der Waals surface area contributed by atoms with E-state index in [-0.39, 0.29) is 0 Å². The molecule has 0 amide bonds. The van der Waals surface area contributed by atoms with Gasteiger partial charge in [0, 0.05) is 6.54 Å². The Kier molecular flexibility index (Phi) is 7.61. The summed E-state index contributed by atoms with van der Waals surface area (Å²) in [5, 5.41) is 12.4. The van der Waals surface area contributed by atoms with Crippen LogP contribution in [0.1, 0.15) is 39.2 Å². The molecule has 0 bridgehead atoms. The molecule has 0 aliphatic heterocycles. The largest absolute Gasteiger partial charge is 0.490 e. The van der Waals surface area contributed by atoms with E-state index in [1.807, 2.05) is 32.9 Å². The van der Waals surface area contributed by atoms with E-state index in [1.165, 1.54) is 0 Å². The zero-order valence-corrected chi connectivity index (χ0v) is 13.0. The number of carboxylic acids is 1. The first-order valence-electron chi connectivity index (χ1n) is 7.48. The predicted octanol–water partition coefficient (Wildman–Crippen LogP) is 2.83. The molecule has 1 atom stereocenters. The topological polar surface area (TPSA) is 67.8 Å². The van der Waals surface area contributed by atoms with Crippen LogP contribution in [-0.2, 0) is 11.3 Å². The van der Waals surface area contributed by atoms with Gasteiger partial charge in [-0.1, -0.05) is 26.3 Å². The number of benzene rings is 1. The van der Waals surface area contributed by atoms with Crippen LogP contribution >= 0.6 is 0 Å². The summed E-state index contributed by atoms with van der Waals surface area (Å²) in [6.07, 6.45) is 0.383. The molecular weight excluding hydrogens is 270 g/mol. The van der Waals surface area contributed by atoms with Gasteiger partial charge in [-0.3, -0.25) is 0 Å². The van der Waals surface area contributed by atoms with E-state index in [4.69, 9.17) is 9.47 Å². The summed E-state index contributed by atoms with van der Waals surface area (Å²) in [7, 11) is 0. The van der Waals surface area contributed by atoms with Crippen molar-refractivity contribution in [2.45, 2.75) is 46.3 Å². The van der Waals surface area contributed by atoms with Crippen LogP contribution in [-0.4, -0.2) is 30.3 Å². The number of aliphatic carboxylic acids is 1. The minimum Gasteiger partial charge on any atom is -0.490 e. The maximum atomic E-state index is 11.2. The van der Waals surface area contributed by atoms with Gasteiger partial charge >= 0.3 is 5.97 Å². The summed E-state index contributed by atoms with van der Waals surface area (Å²) in [5.41, 5.74) is 1.08. The molecule has 5 nitrogen and oxygen atoms in total. The molecule has 0 aliphatic carbocycles. The normalized spacial score (nSPS) is 12.0. The third kappa shape index (κ3) is 5.63. The van der Waals surface area contributed by atoms with Crippen molar-refractivity contribution in [1.82, 2.24) is 5.32 Å². The van der Waals surface area contributed by atoms with Crippen molar-refractivity contribution >= 4 is 5.97 Å². The highest BCUT2D eigenvalue weighted by Gasteiger charge is 2.20. The van der Waals surface area contributed by atoms with Crippen LogP contribution in [0.5, 0.6) is 11.5 Å². The molecule has 0 saturated carbocycles. The van der Waals surface area contributed by atoms with E-state index in [0.29, 0.717) is 24.5 Å². The Morgan fingerprint density at radius 2 is 2.05 bits per heavy atom. The van der Waals surface area contributed by atoms with Crippen LogP contribution in [0.2, 0.25) is 0 Å². The highest BCUT2D eigenvalue weighted by molar-refractivity contribution is 5.72. The molecule has 0 radical (unpaired) electrons. The molecular formula is C16H25NO4. The molecule has 1 aromatic carbocycles. The average Bonchev–Trinajstić information content (AvgIpc) is 2.46. The second kappa shape index (κ2) is 9.23. The standard InChI is InChI=1S/C16H25NO4/c1-4-7-14(16(18)19)21-13-9-8-12(11-17-5-2)10-15(13)20-6-3/h8-10,14,17H,4-7,11H2,1-3H3,(H,18,19). The molecule has 21 heavy (non-hydrogen) atoms. The van der Waals surface area contributed by atoms with Crippen LogP contribution in [0.25, 0.3) is 0 Å². The lowest BCUT2D eigenvalue weighted by Crippen LogP contribution is -2.27. The molecule has 1 rings (SSSR count). The van der Waals surface area contributed by atoms with Gasteiger partial charge in [0.15, 0.2) is 17.6 Å². The SMILES string of the molecule is CCCC(Oc1ccc(CNCC)cc1OCC)C(=O)O. The predicted molar refractivity (Wildman–Crippen MR) is 82.0 cm³/mol. The first-order chi connectivity index (χ1) is 10.1. The fraction of sp³-hybridized carbons (Fsp3) is 0.562. The van der Waals surface area contributed by atoms with Crippen molar-refractivity contribution in [2.24, 2.45) is 0 Å². The van der Waals surface area contributed by atoms with E-state index in [2.05, 4.69) is 5.32 Å². The van der Waals surface area contributed by atoms with E-state index in [9.17, 15) is 9.90 Å². The van der Waals surface area contributed by atoms with Crippen LogP contribution in [0.4, 0.5) is 0 Å². The minimum atomic E-state index is -0.948. The van der Waals surface area contributed by atoms with Crippen molar-refractivity contribution in [3.05, 3.63) is 23.8 Å². The summed E-state index contributed by atoms with van der Waals surface area (Å²) in [6.45, 7) is 8.01. The molecule has 0 spiro atoms. The zero-order chi connectivity index (χ0) is 15.7. The van der Waals surface area contributed by atoms with E-state index in [0.717, 1.165) is 25.1 Å². The average molecular weight is 295 g/mol. The number of carbonyl (C=O) groups is 1. The molecule has 0 heterocycles. The van der Waals surface area contributed by atoms with E-state index < -0.39 is 12.1 Å². The van der Waals surface area contributed by atoms with Crippen LogP contribution in [0, 0.1) is 0 Å². The van der Waals surface area contributed by atoms with Gasteiger partial charge in [0.1, 0.15) is 0 Å². The first kappa shape index (κ1) is 17.3. The Labute approximate surface area is 126 Å². The smallest absolute Gasteiger partial charge is 0.344 e. The summed E-state index contributed by atoms with van der Waals surface area (Å²) in [6, 6.07) is 5.60. The van der Waals surface area contributed by atoms with Gasteiger partial charge in [-0.15, -0.1) is 0 Å². The Morgan fingerprint density at radius 3 is 2.62 bits per heavy atom. The van der Waals surface area contributed by atoms with Gasteiger partial charge in [0.25, 0.3) is 0 Å². The van der Waals surface area contributed by atoms with Crippen molar-refractivity contribution in [1.29, 1.82) is 0 Å². The molecule has 118 valence electrons. The van der Waals surface area contributed by atoms with Gasteiger partial charge in [-0.2, -0.15) is 0 Å². The monoisotopic (exact) mass is 295 g/mol. The van der Waals surface area contributed by atoms with Crippen molar-refractivity contribution in [2.75, 3.05) is 13.2 Å². The molecule has 1 unspecified atom stereocenters. The van der Waals surface area contributed by atoms with Gasteiger partial charge in [-0.25, -0.2) is 4.79 Å². The number of carboxylic acid groups (broad SMARTS) is 1. The third-order valence-electron chi connectivity index (χ3n) is 2.98. The fourth-order valence-electron chi connectivity index (χ4n) is 1.95. The van der Waals surface area contributed by atoms with Crippen molar-refractivity contribution in [3.63, 3.8) is 0 Å². The van der Waals surface area contributed by atoms with Crippen LogP contribution < -0.4 is 14.8 Å². The molecule has 0 saturated heterocycles. The lowest BCUT2D eigenvalue weighted by molar-refractivity contribution is -0.145. The molecule has 0 fully saturated rings. The van der Waals surface area contributed by atoms with Crippen LogP contribution in [0.15, 0.2) is 18.2 Å². The van der Waals surface area contributed by atoms with Gasteiger partial charge < -0.3 is 19.9 Å². The minimum absolute atomic E-state index is 0.472. The third-order valence-corrected chi connectivity index (χ3v) is 2.98. The number of hydrogen-bond acceptors (Lipinski definition) is 4. The van der Waals surface area contributed by atoms with Crippen molar-refractivity contribution < 1.29 is 19.4 Å². The fourth-order valence-corrected chi connectivity index (χ4v) is 1.95. The Hall–Kier alpha value is -1.75. The zero-order valence-electron chi connectivity index (χ0n) is 13.0. The Bertz CT molecular complexity index is 448. The van der Waals surface area contributed by atoms with E-state index in [1.54, 1.807) is 6.07 Å². The summed E-state index contributed by atoms with van der Waals surface area (Å²) < 4.78 is 11.2. The summed E-state index contributed by atoms with van der Waals surface area (Å²) in [5.74, 6) is 0.129. The quantitative estimate of drug-likeness (QED) is 0.694. The van der Waals surface area contributed by atoms with Crippen molar-refractivity contribution in [3.8, 4) is 11.5 Å². The van der Waals surface area contributed by atoms with Crippen LogP contribution in [0.3, 0.4) is 0 Å². The summed E-state index contributed by atoms with van der Waals surface area (Å²) in [4.78, 5) is 11.2. The molecule has 0 aliphatic rings. The van der Waals surface area contributed by atoms with E-state index >= 15 is 0 Å². The number of ether oxygens (including phenoxy) is 2. The number of rotatable bonds is 10. The first-order valence-corrected chi connectivity index (χ1v) is 7.48. The summed E-state index contributed by atoms with van der Waals surface area (Å²) >= 11 is 0. The Balaban J connectivity index is 2.90. The Morgan fingerprint density at radius 1 is 1.29 bits per heavy atom. The second-order valence-corrected chi connectivity index (χ2v) is 4.73. The second-order valence-electron chi connectivity index (χ2n) is 4.73. The molecule has 0 aromatic heterocycles. The van der Waals surface area contributed by atoms with Gasteiger partial charge in [-0.05, 0) is 37.6 Å². The molecule has 2 N–H and O–H groups in total. The molecule has 1 aromatic rings.